The predicted molar refractivity (Wildman–Crippen MR) is 48.5 cm³/mol. The summed E-state index contributed by atoms with van der Waals surface area (Å²) in [6.45, 7) is 2.70. The van der Waals surface area contributed by atoms with E-state index < -0.39 is 12.7 Å². The third-order valence-electron chi connectivity index (χ3n) is 1.40. The summed E-state index contributed by atoms with van der Waals surface area (Å²) >= 11 is 0.946. The monoisotopic (exact) mass is 225 g/mol. The molecule has 14 heavy (non-hydrogen) atoms. The minimum absolute atomic E-state index is 0.132. The van der Waals surface area contributed by atoms with E-state index in [0.29, 0.717) is 5.82 Å². The zero-order valence-electron chi connectivity index (χ0n) is 7.72. The summed E-state index contributed by atoms with van der Waals surface area (Å²) < 4.78 is 39.3. The Hall–Kier alpha value is -0.850. The Bertz CT molecular complexity index is 295. The van der Waals surface area contributed by atoms with Gasteiger partial charge in [-0.05, 0) is 0 Å². The number of nitrogens with one attached hydrogen (secondary N) is 1. The van der Waals surface area contributed by atoms with Crippen molar-refractivity contribution in [3.8, 4) is 0 Å². The molecule has 0 unspecified atom stereocenters. The highest BCUT2D eigenvalue weighted by molar-refractivity contribution is 7.09. The molecule has 1 heterocycles. The van der Waals surface area contributed by atoms with Gasteiger partial charge in [-0.3, -0.25) is 0 Å². The minimum atomic E-state index is -4.22. The summed E-state index contributed by atoms with van der Waals surface area (Å²) in [4.78, 5) is 3.91. The Morgan fingerprint density at radius 1 is 1.43 bits per heavy atom. The van der Waals surface area contributed by atoms with Crippen LogP contribution in [0.4, 0.5) is 18.3 Å². The van der Waals surface area contributed by atoms with Crippen LogP contribution < -0.4 is 5.32 Å². The predicted octanol–water partition coefficient (Wildman–Crippen LogP) is 2.64. The number of alkyl halides is 3. The fourth-order valence-corrected chi connectivity index (χ4v) is 1.42. The molecule has 0 fully saturated rings. The zero-order chi connectivity index (χ0) is 10.8. The number of hydrogen-bond donors (Lipinski definition) is 1. The van der Waals surface area contributed by atoms with Crippen molar-refractivity contribution in [1.82, 2.24) is 9.36 Å². The summed E-state index contributed by atoms with van der Waals surface area (Å²) in [6.07, 6.45) is -4.22. The molecule has 0 aromatic carbocycles. The molecule has 0 saturated carbocycles. The van der Waals surface area contributed by atoms with Gasteiger partial charge in [-0.15, -0.1) is 0 Å². The van der Waals surface area contributed by atoms with Gasteiger partial charge in [0.15, 0.2) is 0 Å². The van der Waals surface area contributed by atoms with Crippen molar-refractivity contribution in [2.45, 2.75) is 25.9 Å². The van der Waals surface area contributed by atoms with Gasteiger partial charge in [0.2, 0.25) is 5.13 Å². The van der Waals surface area contributed by atoms with Crippen LogP contribution in [0.15, 0.2) is 0 Å². The lowest BCUT2D eigenvalue weighted by molar-refractivity contribution is -0.115. The highest BCUT2D eigenvalue weighted by Crippen LogP contribution is 2.20. The molecule has 1 aromatic rings. The van der Waals surface area contributed by atoms with Crippen molar-refractivity contribution in [1.29, 1.82) is 0 Å². The lowest BCUT2D eigenvalue weighted by atomic mass is 10.2. The Kier molecular flexibility index (Phi) is 3.30. The van der Waals surface area contributed by atoms with Crippen molar-refractivity contribution < 1.29 is 13.2 Å². The normalized spacial score (nSPS) is 12.1. The fourth-order valence-electron chi connectivity index (χ4n) is 0.717. The van der Waals surface area contributed by atoms with E-state index in [1.165, 1.54) is 0 Å². The van der Waals surface area contributed by atoms with Gasteiger partial charge in [-0.25, -0.2) is 4.98 Å². The van der Waals surface area contributed by atoms with Gasteiger partial charge >= 0.3 is 6.18 Å². The average Bonchev–Trinajstić information content (AvgIpc) is 2.47. The van der Waals surface area contributed by atoms with Crippen molar-refractivity contribution >= 4 is 16.7 Å². The lowest BCUT2D eigenvalue weighted by Crippen LogP contribution is -2.21. The summed E-state index contributed by atoms with van der Waals surface area (Å²) in [5, 5.41) is 2.39. The molecule has 0 radical (unpaired) electrons. The van der Waals surface area contributed by atoms with Crippen molar-refractivity contribution in [3.63, 3.8) is 0 Å². The molecule has 0 aliphatic carbocycles. The zero-order valence-corrected chi connectivity index (χ0v) is 8.54. The summed E-state index contributed by atoms with van der Waals surface area (Å²) in [7, 11) is 0. The highest BCUT2D eigenvalue weighted by Gasteiger charge is 2.27. The third-order valence-corrected chi connectivity index (χ3v) is 2.09. The van der Waals surface area contributed by atoms with E-state index in [4.69, 9.17) is 0 Å². The van der Waals surface area contributed by atoms with E-state index in [0.717, 1.165) is 11.5 Å². The van der Waals surface area contributed by atoms with Gasteiger partial charge in [-0.2, -0.15) is 17.5 Å². The molecule has 3 nitrogen and oxygen atoms in total. The van der Waals surface area contributed by atoms with E-state index in [1.54, 1.807) is 0 Å². The Labute approximate surface area is 83.5 Å². The first-order chi connectivity index (χ1) is 6.38. The molecule has 1 rings (SSSR count). The maximum absolute atomic E-state index is 11.8. The number of rotatable bonds is 3. The molecule has 0 aliphatic heterocycles. The molecule has 0 aliphatic rings. The molecular weight excluding hydrogens is 215 g/mol. The second-order valence-corrected chi connectivity index (χ2v) is 3.83. The molecule has 0 atom stereocenters. The number of hydrogen-bond acceptors (Lipinski definition) is 4. The molecule has 0 saturated heterocycles. The van der Waals surface area contributed by atoms with Crippen LogP contribution in [-0.2, 0) is 0 Å². The van der Waals surface area contributed by atoms with E-state index in [1.807, 2.05) is 13.8 Å². The molecular formula is C7H10F3N3S. The van der Waals surface area contributed by atoms with Crippen LogP contribution in [-0.4, -0.2) is 22.1 Å². The largest absolute Gasteiger partial charge is 0.405 e. The molecule has 7 heteroatoms. The van der Waals surface area contributed by atoms with Crippen LogP contribution in [0.3, 0.4) is 0 Å². The standard InChI is InChI=1S/C7H10F3N3S/c1-4(2)5-12-6(14-13-5)11-3-7(8,9)10/h4H,3H2,1-2H3,(H,11,12,13). The van der Waals surface area contributed by atoms with Gasteiger partial charge in [0.25, 0.3) is 0 Å². The van der Waals surface area contributed by atoms with Gasteiger partial charge in [-0.1, -0.05) is 13.8 Å². The molecule has 0 spiro atoms. The molecule has 0 amide bonds. The second-order valence-electron chi connectivity index (χ2n) is 3.08. The summed E-state index contributed by atoms with van der Waals surface area (Å²) in [5.74, 6) is 0.701. The Morgan fingerprint density at radius 3 is 2.50 bits per heavy atom. The van der Waals surface area contributed by atoms with E-state index in [-0.39, 0.29) is 11.0 Å². The van der Waals surface area contributed by atoms with E-state index in [9.17, 15) is 13.2 Å². The SMILES string of the molecule is CC(C)c1nsc(NCC(F)(F)F)n1. The molecule has 80 valence electrons. The number of nitrogens with zero attached hydrogens (tertiary/aromatic N) is 2. The van der Waals surface area contributed by atoms with Crippen molar-refractivity contribution in [2.75, 3.05) is 11.9 Å². The van der Waals surface area contributed by atoms with E-state index in [2.05, 4.69) is 14.7 Å². The van der Waals surface area contributed by atoms with Crippen LogP contribution in [0.25, 0.3) is 0 Å². The first-order valence-corrected chi connectivity index (χ1v) is 4.80. The maximum Gasteiger partial charge on any atom is 0.405 e. The van der Waals surface area contributed by atoms with Crippen LogP contribution in [0.5, 0.6) is 0 Å². The van der Waals surface area contributed by atoms with Gasteiger partial charge < -0.3 is 5.32 Å². The highest BCUT2D eigenvalue weighted by atomic mass is 32.1. The van der Waals surface area contributed by atoms with Crippen LogP contribution in [0.2, 0.25) is 0 Å². The average molecular weight is 225 g/mol. The minimum Gasteiger partial charge on any atom is -0.351 e. The maximum atomic E-state index is 11.8. The van der Waals surface area contributed by atoms with Crippen LogP contribution in [0, 0.1) is 0 Å². The quantitative estimate of drug-likeness (QED) is 0.859. The van der Waals surface area contributed by atoms with Crippen LogP contribution in [0.1, 0.15) is 25.6 Å². The Balaban J connectivity index is 2.52. The van der Waals surface area contributed by atoms with Gasteiger partial charge in [0, 0.05) is 17.5 Å². The molecule has 1 aromatic heterocycles. The fraction of sp³-hybridized carbons (Fsp3) is 0.714. The number of halogens is 3. The summed E-state index contributed by atoms with van der Waals surface area (Å²) in [6, 6.07) is 0. The van der Waals surface area contributed by atoms with Crippen LogP contribution >= 0.6 is 11.5 Å². The van der Waals surface area contributed by atoms with Gasteiger partial charge in [0.1, 0.15) is 12.4 Å². The van der Waals surface area contributed by atoms with Crippen molar-refractivity contribution in [3.05, 3.63) is 5.82 Å². The number of aromatic nitrogens is 2. The number of anilines is 1. The Morgan fingerprint density at radius 2 is 2.07 bits per heavy atom. The smallest absolute Gasteiger partial charge is 0.351 e. The summed E-state index contributed by atoms with van der Waals surface area (Å²) in [5.41, 5.74) is 0. The topological polar surface area (TPSA) is 37.8 Å². The lowest BCUT2D eigenvalue weighted by Gasteiger charge is -2.05. The van der Waals surface area contributed by atoms with Crippen molar-refractivity contribution in [2.24, 2.45) is 0 Å². The molecule has 0 bridgehead atoms. The molecule has 1 N–H and O–H groups in total. The van der Waals surface area contributed by atoms with Gasteiger partial charge in [0.05, 0.1) is 0 Å². The first-order valence-electron chi connectivity index (χ1n) is 4.02. The third kappa shape index (κ3) is 3.49. The first kappa shape index (κ1) is 11.2. The van der Waals surface area contributed by atoms with E-state index >= 15 is 0 Å². The second kappa shape index (κ2) is 4.12.